The van der Waals surface area contributed by atoms with Gasteiger partial charge in [0.2, 0.25) is 0 Å². The van der Waals surface area contributed by atoms with Gasteiger partial charge in [0.15, 0.2) is 0 Å². The van der Waals surface area contributed by atoms with Gasteiger partial charge in [-0.1, -0.05) is 18.9 Å². The number of hydrogen-bond donors (Lipinski definition) is 1. The summed E-state index contributed by atoms with van der Waals surface area (Å²) in [6.45, 7) is 1.16. The van der Waals surface area contributed by atoms with E-state index in [9.17, 15) is 22.0 Å². The maximum atomic E-state index is 13.9. The lowest BCUT2D eigenvalue weighted by atomic mass is 10.1. The van der Waals surface area contributed by atoms with Crippen LogP contribution in [0.25, 0.3) is 0 Å². The molecule has 0 bridgehead atoms. The largest absolute Gasteiger partial charge is 0.496 e. The van der Waals surface area contributed by atoms with E-state index in [1.807, 2.05) is 4.72 Å². The molecule has 0 saturated carbocycles. The lowest BCUT2D eigenvalue weighted by molar-refractivity contribution is 0.0758. The van der Waals surface area contributed by atoms with Crippen molar-refractivity contribution in [1.29, 1.82) is 0 Å². The van der Waals surface area contributed by atoms with Gasteiger partial charge >= 0.3 is 0 Å². The lowest BCUT2D eigenvalue weighted by Gasteiger charge is -2.22. The third-order valence-corrected chi connectivity index (χ3v) is 6.15. The second-order valence-electron chi connectivity index (χ2n) is 6.77. The third kappa shape index (κ3) is 4.67. The number of carbonyl (C=O) groups excluding carboxylic acids is 1. The summed E-state index contributed by atoms with van der Waals surface area (Å²) >= 11 is 0. The molecule has 2 aromatic rings. The van der Waals surface area contributed by atoms with Crippen LogP contribution in [0, 0.1) is 11.6 Å². The number of rotatable bonds is 5. The van der Waals surface area contributed by atoms with Crippen LogP contribution in [0.5, 0.6) is 5.75 Å². The Hall–Kier alpha value is -2.68. The molecule has 2 aromatic carbocycles. The molecule has 3 rings (SSSR count). The van der Waals surface area contributed by atoms with Gasteiger partial charge in [-0.3, -0.25) is 9.52 Å². The second-order valence-corrected chi connectivity index (χ2v) is 8.45. The van der Waals surface area contributed by atoms with Crippen molar-refractivity contribution >= 4 is 21.6 Å². The molecule has 1 amide bonds. The molecular weight excluding hydrogens is 402 g/mol. The molecule has 1 N–H and O–H groups in total. The summed E-state index contributed by atoms with van der Waals surface area (Å²) in [6.07, 6.45) is 3.82. The van der Waals surface area contributed by atoms with Gasteiger partial charge in [-0.15, -0.1) is 0 Å². The van der Waals surface area contributed by atoms with Crippen LogP contribution in [-0.4, -0.2) is 39.4 Å². The molecule has 1 saturated heterocycles. The van der Waals surface area contributed by atoms with Crippen molar-refractivity contribution in [1.82, 2.24) is 4.90 Å². The quantitative estimate of drug-likeness (QED) is 0.792. The average Bonchev–Trinajstić information content (AvgIpc) is 2.99. The number of methoxy groups -OCH3 is 1. The molecule has 1 aliphatic rings. The number of halogens is 2. The molecule has 156 valence electrons. The number of carbonyl (C=O) groups is 1. The van der Waals surface area contributed by atoms with E-state index in [1.165, 1.54) is 25.3 Å². The molecule has 1 fully saturated rings. The number of ether oxygens (including phenoxy) is 1. The first-order valence-electron chi connectivity index (χ1n) is 9.27. The maximum absolute atomic E-state index is 13.9. The number of benzene rings is 2. The number of para-hydroxylation sites is 1. The molecular formula is C20H22F2N2O4S. The third-order valence-electron chi connectivity index (χ3n) is 4.80. The van der Waals surface area contributed by atoms with Crippen LogP contribution in [0.4, 0.5) is 14.5 Å². The summed E-state index contributed by atoms with van der Waals surface area (Å²) in [4.78, 5) is 14.4. The van der Waals surface area contributed by atoms with E-state index in [0.717, 1.165) is 43.9 Å². The number of anilines is 1. The zero-order chi connectivity index (χ0) is 21.0. The summed E-state index contributed by atoms with van der Waals surface area (Å²) in [5, 5.41) is 0. The van der Waals surface area contributed by atoms with E-state index in [2.05, 4.69) is 0 Å². The smallest absolute Gasteiger partial charge is 0.262 e. The van der Waals surface area contributed by atoms with Crippen LogP contribution in [0.1, 0.15) is 36.0 Å². The van der Waals surface area contributed by atoms with Crippen molar-refractivity contribution in [3.63, 3.8) is 0 Å². The minimum Gasteiger partial charge on any atom is -0.496 e. The molecule has 0 atom stereocenters. The molecule has 0 aromatic heterocycles. The van der Waals surface area contributed by atoms with Gasteiger partial charge < -0.3 is 9.64 Å². The van der Waals surface area contributed by atoms with Crippen molar-refractivity contribution < 1.29 is 26.7 Å². The summed E-state index contributed by atoms with van der Waals surface area (Å²) < 4.78 is 60.3. The number of amides is 1. The van der Waals surface area contributed by atoms with Crippen molar-refractivity contribution in [3.05, 3.63) is 53.6 Å². The fraction of sp³-hybridized carbons (Fsp3) is 0.350. The topological polar surface area (TPSA) is 75.7 Å². The fourth-order valence-electron chi connectivity index (χ4n) is 3.25. The Morgan fingerprint density at radius 3 is 2.24 bits per heavy atom. The van der Waals surface area contributed by atoms with Crippen LogP contribution in [0.3, 0.4) is 0 Å². The molecule has 1 aliphatic heterocycles. The van der Waals surface area contributed by atoms with Crippen LogP contribution in [0.2, 0.25) is 0 Å². The van der Waals surface area contributed by atoms with E-state index in [-0.39, 0.29) is 22.1 Å². The zero-order valence-corrected chi connectivity index (χ0v) is 16.8. The Morgan fingerprint density at radius 2 is 1.66 bits per heavy atom. The van der Waals surface area contributed by atoms with Gasteiger partial charge in [-0.05, 0) is 43.2 Å². The lowest BCUT2D eigenvalue weighted by Crippen LogP contribution is -2.32. The second kappa shape index (κ2) is 8.77. The number of nitrogens with zero attached hydrogens (tertiary/aromatic N) is 1. The highest BCUT2D eigenvalue weighted by molar-refractivity contribution is 7.92. The predicted molar refractivity (Wildman–Crippen MR) is 105 cm³/mol. The number of sulfonamides is 1. The summed E-state index contributed by atoms with van der Waals surface area (Å²) in [5.74, 6) is -2.18. The van der Waals surface area contributed by atoms with Gasteiger partial charge in [0.1, 0.15) is 23.1 Å². The molecule has 1 heterocycles. The maximum Gasteiger partial charge on any atom is 0.262 e. The first kappa shape index (κ1) is 21.0. The first-order chi connectivity index (χ1) is 13.8. The molecule has 6 nitrogen and oxygen atoms in total. The molecule has 0 spiro atoms. The summed E-state index contributed by atoms with van der Waals surface area (Å²) in [5.41, 5.74) is -0.685. The zero-order valence-electron chi connectivity index (χ0n) is 16.0. The number of hydrogen-bond acceptors (Lipinski definition) is 4. The van der Waals surface area contributed by atoms with E-state index in [0.29, 0.717) is 13.1 Å². The van der Waals surface area contributed by atoms with Crippen molar-refractivity contribution in [3.8, 4) is 5.75 Å². The van der Waals surface area contributed by atoms with E-state index in [1.54, 1.807) is 4.90 Å². The Balaban J connectivity index is 1.96. The average molecular weight is 424 g/mol. The molecule has 0 radical (unpaired) electrons. The molecule has 9 heteroatoms. The normalized spacial score (nSPS) is 14.9. The Bertz CT molecular complexity index is 983. The number of likely N-dealkylation sites (tertiary alicyclic amines) is 1. The SMILES string of the molecule is COc1ccc(S(=O)(=O)Nc2c(F)cccc2F)cc1C(=O)N1CCCCCC1. The highest BCUT2D eigenvalue weighted by Crippen LogP contribution is 2.27. The van der Waals surface area contributed by atoms with Crippen molar-refractivity contribution in [2.45, 2.75) is 30.6 Å². The van der Waals surface area contributed by atoms with Gasteiger partial charge in [-0.2, -0.15) is 0 Å². The van der Waals surface area contributed by atoms with Gasteiger partial charge in [0.05, 0.1) is 17.6 Å². The monoisotopic (exact) mass is 424 g/mol. The molecule has 29 heavy (non-hydrogen) atoms. The van der Waals surface area contributed by atoms with Crippen molar-refractivity contribution in [2.75, 3.05) is 24.9 Å². The Labute approximate surface area is 168 Å². The highest BCUT2D eigenvalue weighted by atomic mass is 32.2. The standard InChI is InChI=1S/C20H22F2N2O4S/c1-28-18-10-9-14(13-15(18)20(25)24-11-4-2-3-5-12-24)29(26,27)23-19-16(21)7-6-8-17(19)22/h6-10,13,23H,2-5,11-12H2,1H3. The van der Waals surface area contributed by atoms with Gasteiger partial charge in [-0.25, -0.2) is 17.2 Å². The minimum absolute atomic E-state index is 0.0891. The Kier molecular flexibility index (Phi) is 6.36. The van der Waals surface area contributed by atoms with E-state index < -0.39 is 27.3 Å². The molecule has 0 aliphatic carbocycles. The van der Waals surface area contributed by atoms with Crippen LogP contribution >= 0.6 is 0 Å². The highest BCUT2D eigenvalue weighted by Gasteiger charge is 2.25. The van der Waals surface area contributed by atoms with Crippen molar-refractivity contribution in [2.24, 2.45) is 0 Å². The summed E-state index contributed by atoms with van der Waals surface area (Å²) in [7, 11) is -2.95. The first-order valence-corrected chi connectivity index (χ1v) is 10.8. The van der Waals surface area contributed by atoms with E-state index in [4.69, 9.17) is 4.74 Å². The van der Waals surface area contributed by atoms with Gasteiger partial charge in [0, 0.05) is 13.1 Å². The predicted octanol–water partition coefficient (Wildman–Crippen LogP) is 3.79. The minimum atomic E-state index is -4.33. The fourth-order valence-corrected chi connectivity index (χ4v) is 4.36. The van der Waals surface area contributed by atoms with Crippen LogP contribution in [0.15, 0.2) is 41.3 Å². The molecule has 0 unspecified atom stereocenters. The van der Waals surface area contributed by atoms with Crippen LogP contribution in [-0.2, 0) is 10.0 Å². The number of nitrogens with one attached hydrogen (secondary N) is 1. The Morgan fingerprint density at radius 1 is 1.03 bits per heavy atom. The summed E-state index contributed by atoms with van der Waals surface area (Å²) in [6, 6.07) is 6.78. The van der Waals surface area contributed by atoms with Gasteiger partial charge in [0.25, 0.3) is 15.9 Å². The van der Waals surface area contributed by atoms with Crippen LogP contribution < -0.4 is 9.46 Å². The van der Waals surface area contributed by atoms with E-state index >= 15 is 0 Å².